The molecule has 146 valence electrons. The Morgan fingerprint density at radius 3 is 1.46 bits per heavy atom. The number of halogens is 2. The molecule has 0 aromatic heterocycles. The van der Waals surface area contributed by atoms with Gasteiger partial charge in [0.2, 0.25) is 0 Å². The largest absolute Gasteiger partial charge is 0.482 e. The maximum Gasteiger partial charge on any atom is 0.258 e. The molecule has 6 nitrogen and oxygen atoms in total. The van der Waals surface area contributed by atoms with Gasteiger partial charge in [0.05, 0.1) is 10.0 Å². The summed E-state index contributed by atoms with van der Waals surface area (Å²) in [6.07, 6.45) is 0. The van der Waals surface area contributed by atoms with Gasteiger partial charge in [0.15, 0.2) is 13.2 Å². The second kappa shape index (κ2) is 8.82. The van der Waals surface area contributed by atoms with Gasteiger partial charge in [-0.3, -0.25) is 9.59 Å². The van der Waals surface area contributed by atoms with Crippen LogP contribution in [0, 0.1) is 0 Å². The van der Waals surface area contributed by atoms with Crippen molar-refractivity contribution >= 4 is 35.0 Å². The Bertz CT molecular complexity index is 611. The fourth-order valence-electron chi connectivity index (χ4n) is 1.93. The molecule has 0 aliphatic heterocycles. The number of ether oxygens (including phenoxy) is 2. The SMILES string of the molecule is CC(C)(C)NC(=O)COc1cc(OCC(=O)NC(C)(C)C)c(Cl)cc1Cl. The van der Waals surface area contributed by atoms with Crippen LogP contribution in [0.5, 0.6) is 11.5 Å². The van der Waals surface area contributed by atoms with Crippen molar-refractivity contribution in [2.24, 2.45) is 0 Å². The molecule has 0 saturated carbocycles. The molecule has 2 amide bonds. The number of carbonyl (C=O) groups is 2. The topological polar surface area (TPSA) is 76.7 Å². The van der Waals surface area contributed by atoms with Gasteiger partial charge in [0.1, 0.15) is 11.5 Å². The van der Waals surface area contributed by atoms with E-state index in [4.69, 9.17) is 32.7 Å². The van der Waals surface area contributed by atoms with Crippen LogP contribution in [0.3, 0.4) is 0 Å². The molecule has 1 rings (SSSR count). The summed E-state index contributed by atoms with van der Waals surface area (Å²) in [6.45, 7) is 10.8. The number of hydrogen-bond donors (Lipinski definition) is 2. The second-order valence-electron chi connectivity index (χ2n) is 7.89. The normalized spacial score (nSPS) is 11.7. The minimum Gasteiger partial charge on any atom is -0.482 e. The number of hydrogen-bond acceptors (Lipinski definition) is 4. The minimum absolute atomic E-state index is 0.206. The average Bonchev–Trinajstić information content (AvgIpc) is 2.41. The van der Waals surface area contributed by atoms with Gasteiger partial charge in [-0.15, -0.1) is 0 Å². The Morgan fingerprint density at radius 2 is 1.15 bits per heavy atom. The monoisotopic (exact) mass is 404 g/mol. The molecule has 8 heteroatoms. The maximum atomic E-state index is 11.9. The molecule has 0 heterocycles. The zero-order valence-electron chi connectivity index (χ0n) is 16.0. The predicted octanol–water partition coefficient (Wildman–Crippen LogP) is 3.58. The van der Waals surface area contributed by atoms with Crippen LogP contribution in [0.25, 0.3) is 0 Å². The van der Waals surface area contributed by atoms with Crippen LogP contribution in [0.2, 0.25) is 10.0 Å². The van der Waals surface area contributed by atoms with Crippen molar-refractivity contribution in [1.82, 2.24) is 10.6 Å². The summed E-state index contributed by atoms with van der Waals surface area (Å²) >= 11 is 12.2. The van der Waals surface area contributed by atoms with Crippen molar-refractivity contribution in [1.29, 1.82) is 0 Å². The first-order valence-corrected chi connectivity index (χ1v) is 8.89. The van der Waals surface area contributed by atoms with Crippen LogP contribution >= 0.6 is 23.2 Å². The molecule has 26 heavy (non-hydrogen) atoms. The third-order valence-corrected chi connectivity index (χ3v) is 3.32. The Hall–Kier alpha value is -1.66. The van der Waals surface area contributed by atoms with Crippen LogP contribution in [0.4, 0.5) is 0 Å². The summed E-state index contributed by atoms with van der Waals surface area (Å²) in [5.41, 5.74) is -0.724. The van der Waals surface area contributed by atoms with Crippen molar-refractivity contribution in [3.63, 3.8) is 0 Å². The molecule has 0 bridgehead atoms. The van der Waals surface area contributed by atoms with Gasteiger partial charge >= 0.3 is 0 Å². The average molecular weight is 405 g/mol. The third-order valence-electron chi connectivity index (χ3n) is 2.73. The summed E-state index contributed by atoms with van der Waals surface area (Å²) in [4.78, 5) is 23.7. The van der Waals surface area contributed by atoms with Crippen LogP contribution in [0.1, 0.15) is 41.5 Å². The van der Waals surface area contributed by atoms with E-state index in [0.29, 0.717) is 0 Å². The summed E-state index contributed by atoms with van der Waals surface area (Å²) < 4.78 is 10.9. The fourth-order valence-corrected chi connectivity index (χ4v) is 2.42. The van der Waals surface area contributed by atoms with Crippen molar-refractivity contribution in [2.45, 2.75) is 52.6 Å². The number of rotatable bonds is 6. The Labute approximate surface area is 164 Å². The highest BCUT2D eigenvalue weighted by atomic mass is 35.5. The Morgan fingerprint density at radius 1 is 0.808 bits per heavy atom. The van der Waals surface area contributed by atoms with E-state index < -0.39 is 0 Å². The van der Waals surface area contributed by atoms with Crippen LogP contribution in [-0.2, 0) is 9.59 Å². The lowest BCUT2D eigenvalue weighted by Gasteiger charge is -2.21. The summed E-state index contributed by atoms with van der Waals surface area (Å²) in [5.74, 6) is -0.0798. The van der Waals surface area contributed by atoms with E-state index in [1.807, 2.05) is 41.5 Å². The van der Waals surface area contributed by atoms with Gasteiger partial charge in [-0.25, -0.2) is 0 Å². The standard InChI is InChI=1S/C18H26Cl2N2O4/c1-17(2,3)21-15(23)9-25-13-8-14(12(20)7-11(13)19)26-10-16(24)22-18(4,5)6/h7-8H,9-10H2,1-6H3,(H,21,23)(H,22,24). The molecular formula is C18H26Cl2N2O4. The molecule has 0 unspecified atom stereocenters. The minimum atomic E-state index is -0.362. The maximum absolute atomic E-state index is 11.9. The van der Waals surface area contributed by atoms with Gasteiger partial charge in [0.25, 0.3) is 11.8 Å². The highest BCUT2D eigenvalue weighted by Gasteiger charge is 2.17. The first kappa shape index (κ1) is 22.4. The van der Waals surface area contributed by atoms with Crippen LogP contribution in [-0.4, -0.2) is 36.1 Å². The Balaban J connectivity index is 2.73. The number of carbonyl (C=O) groups excluding carboxylic acids is 2. The number of benzene rings is 1. The first-order valence-electron chi connectivity index (χ1n) is 8.13. The number of amides is 2. The quantitative estimate of drug-likeness (QED) is 0.759. The molecule has 0 radical (unpaired) electrons. The zero-order valence-corrected chi connectivity index (χ0v) is 17.5. The van der Waals surface area contributed by atoms with Crippen LogP contribution < -0.4 is 20.1 Å². The molecule has 0 atom stereocenters. The van der Waals surface area contributed by atoms with Crippen molar-refractivity contribution in [2.75, 3.05) is 13.2 Å². The smallest absolute Gasteiger partial charge is 0.258 e. The second-order valence-corrected chi connectivity index (χ2v) is 8.70. The van der Waals surface area contributed by atoms with E-state index in [9.17, 15) is 9.59 Å². The van der Waals surface area contributed by atoms with Crippen molar-refractivity contribution in [3.8, 4) is 11.5 Å². The lowest BCUT2D eigenvalue weighted by atomic mass is 10.1. The van der Waals surface area contributed by atoms with Gasteiger partial charge in [0, 0.05) is 17.1 Å². The van der Waals surface area contributed by atoms with E-state index >= 15 is 0 Å². The van der Waals surface area contributed by atoms with Gasteiger partial charge < -0.3 is 20.1 Å². The lowest BCUT2D eigenvalue weighted by molar-refractivity contribution is -0.125. The van der Waals surface area contributed by atoms with E-state index in [1.54, 1.807) is 0 Å². The summed E-state index contributed by atoms with van der Waals surface area (Å²) in [7, 11) is 0. The molecule has 2 N–H and O–H groups in total. The first-order chi connectivity index (χ1) is 11.8. The molecule has 0 saturated heterocycles. The van der Waals surface area contributed by atoms with E-state index in [-0.39, 0.29) is 57.7 Å². The van der Waals surface area contributed by atoms with Gasteiger partial charge in [-0.2, -0.15) is 0 Å². The molecule has 0 aliphatic rings. The molecule has 0 aliphatic carbocycles. The van der Waals surface area contributed by atoms with Crippen molar-refractivity contribution in [3.05, 3.63) is 22.2 Å². The molecular weight excluding hydrogens is 379 g/mol. The molecule has 1 aromatic carbocycles. The number of nitrogens with one attached hydrogen (secondary N) is 2. The highest BCUT2D eigenvalue weighted by molar-refractivity contribution is 6.36. The zero-order chi connectivity index (χ0) is 20.1. The summed E-state index contributed by atoms with van der Waals surface area (Å²) in [6, 6.07) is 2.90. The Kier molecular flexibility index (Phi) is 7.59. The molecule has 1 aromatic rings. The molecule has 0 fully saturated rings. The van der Waals surface area contributed by atoms with Crippen LogP contribution in [0.15, 0.2) is 12.1 Å². The van der Waals surface area contributed by atoms with Gasteiger partial charge in [-0.1, -0.05) is 23.2 Å². The van der Waals surface area contributed by atoms with E-state index in [0.717, 1.165) is 0 Å². The molecule has 0 spiro atoms. The predicted molar refractivity (Wildman–Crippen MR) is 103 cm³/mol. The fraction of sp³-hybridized carbons (Fsp3) is 0.556. The summed E-state index contributed by atoms with van der Waals surface area (Å²) in [5, 5.41) is 6.04. The highest BCUT2D eigenvalue weighted by Crippen LogP contribution is 2.35. The third kappa shape index (κ3) is 8.63. The lowest BCUT2D eigenvalue weighted by Crippen LogP contribution is -2.43. The van der Waals surface area contributed by atoms with Gasteiger partial charge in [-0.05, 0) is 47.6 Å². The van der Waals surface area contributed by atoms with E-state index in [2.05, 4.69) is 10.6 Å². The van der Waals surface area contributed by atoms with Crippen molar-refractivity contribution < 1.29 is 19.1 Å². The van der Waals surface area contributed by atoms with E-state index in [1.165, 1.54) is 12.1 Å².